The third kappa shape index (κ3) is 3.62. The summed E-state index contributed by atoms with van der Waals surface area (Å²) in [6.07, 6.45) is -4.77. The Morgan fingerprint density at radius 3 is 2.72 bits per heavy atom. The zero-order valence-corrected chi connectivity index (χ0v) is 14.8. The lowest BCUT2D eigenvalue weighted by molar-refractivity contribution is -0.141. The van der Waals surface area contributed by atoms with Crippen molar-refractivity contribution < 1.29 is 32.2 Å². The quantitative estimate of drug-likeness (QED) is 0.678. The molecule has 0 saturated heterocycles. The van der Waals surface area contributed by atoms with Gasteiger partial charge in [-0.15, -0.1) is 5.10 Å². The largest absolute Gasteiger partial charge is 0.493 e. The molecule has 2 heterocycles. The lowest BCUT2D eigenvalue weighted by Crippen LogP contribution is -2.23. The van der Waals surface area contributed by atoms with Crippen molar-refractivity contribution in [3.05, 3.63) is 46.5 Å². The maximum Gasteiger partial charge on any atom is 0.433 e. The Morgan fingerprint density at radius 1 is 1.41 bits per heavy atom. The highest BCUT2D eigenvalue weighted by Crippen LogP contribution is 2.47. The molecule has 29 heavy (non-hydrogen) atoms. The minimum Gasteiger partial charge on any atom is -0.493 e. The van der Waals surface area contributed by atoms with Crippen molar-refractivity contribution in [2.45, 2.75) is 12.1 Å². The summed E-state index contributed by atoms with van der Waals surface area (Å²) in [7, 11) is 1.31. The highest BCUT2D eigenvalue weighted by Gasteiger charge is 2.44. The molecule has 1 aliphatic rings. The van der Waals surface area contributed by atoms with Crippen molar-refractivity contribution in [3.63, 3.8) is 0 Å². The van der Waals surface area contributed by atoms with E-state index in [0.29, 0.717) is 0 Å². The van der Waals surface area contributed by atoms with Crippen molar-refractivity contribution in [1.29, 1.82) is 5.26 Å². The Hall–Kier alpha value is -3.88. The molecule has 0 aliphatic carbocycles. The predicted octanol–water partition coefficient (Wildman–Crippen LogP) is 1.52. The van der Waals surface area contributed by atoms with Gasteiger partial charge >= 0.3 is 6.18 Å². The minimum absolute atomic E-state index is 0.115. The smallest absolute Gasteiger partial charge is 0.433 e. The lowest BCUT2D eigenvalue weighted by atomic mass is 9.83. The van der Waals surface area contributed by atoms with Gasteiger partial charge in [0.25, 0.3) is 5.91 Å². The average Bonchev–Trinajstić information content (AvgIpc) is 3.08. The molecule has 0 bridgehead atoms. The Morgan fingerprint density at radius 2 is 2.14 bits per heavy atom. The predicted molar refractivity (Wildman–Crippen MR) is 90.6 cm³/mol. The Kier molecular flexibility index (Phi) is 4.98. The Labute approximate surface area is 161 Å². The number of allylic oxidation sites excluding steroid dienone is 1. The number of nitriles is 1. The van der Waals surface area contributed by atoms with E-state index in [2.05, 4.69) is 5.10 Å². The summed E-state index contributed by atoms with van der Waals surface area (Å²) in [5.41, 5.74) is 9.24. The van der Waals surface area contributed by atoms with Gasteiger partial charge in [-0.2, -0.15) is 18.4 Å². The van der Waals surface area contributed by atoms with E-state index in [1.165, 1.54) is 25.3 Å². The summed E-state index contributed by atoms with van der Waals surface area (Å²) in [6.45, 7) is -0.423. The zero-order chi connectivity index (χ0) is 21.3. The van der Waals surface area contributed by atoms with E-state index >= 15 is 0 Å². The van der Waals surface area contributed by atoms with E-state index in [9.17, 15) is 23.2 Å². The molecule has 0 radical (unpaired) electrons. The molecule has 1 atom stereocenters. The molecule has 152 valence electrons. The van der Waals surface area contributed by atoms with Crippen LogP contribution in [0.15, 0.2) is 29.7 Å². The van der Waals surface area contributed by atoms with Gasteiger partial charge in [-0.05, 0) is 17.7 Å². The van der Waals surface area contributed by atoms with Gasteiger partial charge < -0.3 is 25.7 Å². The number of alkyl halides is 3. The molecule has 1 aromatic carbocycles. The number of methoxy groups -OCH3 is 1. The number of nitrogens with two attached hydrogens (primary N) is 2. The number of nitrogens with zero attached hydrogens (tertiary/aromatic N) is 2. The minimum atomic E-state index is -4.77. The number of aromatic nitrogens is 2. The first-order valence-electron chi connectivity index (χ1n) is 7.99. The first kappa shape index (κ1) is 19.9. The summed E-state index contributed by atoms with van der Waals surface area (Å²) in [5.74, 6) is -2.44. The number of benzene rings is 1. The highest BCUT2D eigenvalue weighted by molar-refractivity contribution is 5.75. The van der Waals surface area contributed by atoms with Crippen LogP contribution >= 0.6 is 0 Å². The molecule has 0 saturated carbocycles. The third-order valence-corrected chi connectivity index (χ3v) is 4.11. The molecule has 12 heteroatoms. The number of halogens is 3. The average molecular weight is 409 g/mol. The van der Waals surface area contributed by atoms with Gasteiger partial charge in [0.1, 0.15) is 17.3 Å². The number of H-pyrrole nitrogens is 1. The number of carbonyl (C=O) groups is 1. The van der Waals surface area contributed by atoms with Crippen molar-refractivity contribution in [3.8, 4) is 23.4 Å². The van der Waals surface area contributed by atoms with E-state index in [-0.39, 0.29) is 40.0 Å². The van der Waals surface area contributed by atoms with Crippen LogP contribution in [-0.4, -0.2) is 29.8 Å². The topological polar surface area (TPSA) is 149 Å². The van der Waals surface area contributed by atoms with Crippen LogP contribution in [0, 0.1) is 11.3 Å². The second-order valence-electron chi connectivity index (χ2n) is 5.91. The molecule has 1 amide bonds. The number of amides is 1. The standard InChI is InChI=1S/C17H14F3N5O4/c1-27-10-4-7(2-3-9(10)28-6-11(22)26)12-8(5-21)15(23)29-16-13(12)14(24-25-16)17(18,19)20/h2-4,12H,6,23H2,1H3,(H2,22,26)(H,24,25). The van der Waals surface area contributed by atoms with E-state index in [1.807, 2.05) is 5.10 Å². The summed E-state index contributed by atoms with van der Waals surface area (Å²) in [5, 5.41) is 14.9. The van der Waals surface area contributed by atoms with Gasteiger partial charge in [-0.3, -0.25) is 9.89 Å². The van der Waals surface area contributed by atoms with Crippen molar-refractivity contribution in [2.24, 2.45) is 11.5 Å². The number of primary amides is 1. The van der Waals surface area contributed by atoms with Crippen LogP contribution in [0.25, 0.3) is 0 Å². The lowest BCUT2D eigenvalue weighted by Gasteiger charge is -2.25. The second-order valence-corrected chi connectivity index (χ2v) is 5.91. The van der Waals surface area contributed by atoms with Crippen LogP contribution in [0.2, 0.25) is 0 Å². The number of rotatable bonds is 5. The van der Waals surface area contributed by atoms with Crippen molar-refractivity contribution in [2.75, 3.05) is 13.7 Å². The molecule has 9 nitrogen and oxygen atoms in total. The molecule has 0 spiro atoms. The first-order chi connectivity index (χ1) is 13.7. The van der Waals surface area contributed by atoms with Crippen LogP contribution in [0.4, 0.5) is 13.2 Å². The van der Waals surface area contributed by atoms with Crippen LogP contribution in [0.3, 0.4) is 0 Å². The number of fused-ring (bicyclic) bond motifs is 1. The normalized spacial score (nSPS) is 15.9. The Bertz CT molecular complexity index is 1040. The number of hydrogen-bond donors (Lipinski definition) is 3. The number of carbonyl (C=O) groups excluding carboxylic acids is 1. The number of ether oxygens (including phenoxy) is 3. The summed E-state index contributed by atoms with van der Waals surface area (Å²) in [4.78, 5) is 10.9. The Balaban J connectivity index is 2.15. The van der Waals surface area contributed by atoms with Crippen molar-refractivity contribution >= 4 is 5.91 Å². The van der Waals surface area contributed by atoms with Gasteiger partial charge in [-0.25, -0.2) is 0 Å². The number of nitrogens with one attached hydrogen (secondary N) is 1. The van der Waals surface area contributed by atoms with E-state index in [4.69, 9.17) is 25.7 Å². The first-order valence-corrected chi connectivity index (χ1v) is 7.99. The molecular weight excluding hydrogens is 395 g/mol. The third-order valence-electron chi connectivity index (χ3n) is 4.11. The van der Waals surface area contributed by atoms with Gasteiger partial charge in [0.15, 0.2) is 18.1 Å². The SMILES string of the molecule is COc1cc(C2C(C#N)=C(N)Oc3n[nH]c(C(F)(F)F)c32)ccc1OCC(N)=O. The van der Waals surface area contributed by atoms with Crippen LogP contribution in [0.5, 0.6) is 17.4 Å². The van der Waals surface area contributed by atoms with Gasteiger partial charge in [0.05, 0.1) is 18.6 Å². The fraction of sp³-hybridized carbons (Fsp3) is 0.235. The summed E-state index contributed by atoms with van der Waals surface area (Å²) in [6, 6.07) is 5.95. The van der Waals surface area contributed by atoms with Gasteiger partial charge in [0, 0.05) is 0 Å². The maximum absolute atomic E-state index is 13.5. The van der Waals surface area contributed by atoms with Crippen LogP contribution < -0.4 is 25.7 Å². The number of hydrogen-bond acceptors (Lipinski definition) is 7. The molecule has 0 fully saturated rings. The molecule has 2 aromatic rings. The van der Waals surface area contributed by atoms with Crippen molar-refractivity contribution in [1.82, 2.24) is 10.2 Å². The zero-order valence-electron chi connectivity index (χ0n) is 14.8. The molecule has 1 unspecified atom stereocenters. The van der Waals surface area contributed by atoms with Gasteiger partial charge in [0.2, 0.25) is 11.8 Å². The van der Waals surface area contributed by atoms with Crippen LogP contribution in [0.1, 0.15) is 22.7 Å². The fourth-order valence-corrected chi connectivity index (χ4v) is 2.93. The number of aromatic amines is 1. The highest BCUT2D eigenvalue weighted by atomic mass is 19.4. The summed E-state index contributed by atoms with van der Waals surface area (Å²) >= 11 is 0. The van der Waals surface area contributed by atoms with Gasteiger partial charge in [-0.1, -0.05) is 6.07 Å². The molecule has 1 aliphatic heterocycles. The molecular formula is C17H14F3N5O4. The van der Waals surface area contributed by atoms with E-state index in [0.717, 1.165) is 0 Å². The molecule has 1 aromatic heterocycles. The monoisotopic (exact) mass is 409 g/mol. The molecule has 3 rings (SSSR count). The molecule has 5 N–H and O–H groups in total. The maximum atomic E-state index is 13.5. The second kappa shape index (κ2) is 7.27. The van der Waals surface area contributed by atoms with E-state index < -0.39 is 30.3 Å². The van der Waals surface area contributed by atoms with Crippen LogP contribution in [-0.2, 0) is 11.0 Å². The summed E-state index contributed by atoms with van der Waals surface area (Å²) < 4.78 is 55.9. The van der Waals surface area contributed by atoms with E-state index in [1.54, 1.807) is 6.07 Å². The fourth-order valence-electron chi connectivity index (χ4n) is 2.93.